The maximum atomic E-state index is 12.7. The molecule has 0 aromatic heterocycles. The molecule has 1 aliphatic heterocycles. The number of nitrogens with zero attached hydrogens (tertiary/aromatic N) is 2. The number of carbonyl (C=O) groups is 4. The Morgan fingerprint density at radius 2 is 1.61 bits per heavy atom. The molecule has 0 saturated carbocycles. The van der Waals surface area contributed by atoms with Gasteiger partial charge in [0.1, 0.15) is 0 Å². The van der Waals surface area contributed by atoms with Crippen molar-refractivity contribution in [1.29, 1.82) is 0 Å². The Kier molecular flexibility index (Phi) is 7.22. The number of anilines is 1. The first kappa shape index (κ1) is 21.5. The van der Waals surface area contributed by atoms with Crippen molar-refractivity contribution in [1.82, 2.24) is 4.90 Å². The average Bonchev–Trinajstić information content (AvgIpc) is 2.91. The molecule has 1 aromatic carbocycles. The van der Waals surface area contributed by atoms with Gasteiger partial charge in [0.25, 0.3) is 11.1 Å². The van der Waals surface area contributed by atoms with E-state index in [1.807, 2.05) is 31.1 Å². The van der Waals surface area contributed by atoms with Gasteiger partial charge in [-0.2, -0.15) is 0 Å². The second-order valence-electron chi connectivity index (χ2n) is 5.94. The zero-order valence-corrected chi connectivity index (χ0v) is 16.9. The zero-order chi connectivity index (χ0) is 20.8. The van der Waals surface area contributed by atoms with Gasteiger partial charge in [-0.15, -0.1) is 0 Å². The second kappa shape index (κ2) is 9.41. The van der Waals surface area contributed by atoms with Crippen molar-refractivity contribution in [3.63, 3.8) is 0 Å². The van der Waals surface area contributed by atoms with E-state index in [1.165, 1.54) is 6.08 Å². The summed E-state index contributed by atoms with van der Waals surface area (Å²) in [6.07, 6.45) is 1.54. The highest BCUT2D eigenvalue weighted by atomic mass is 32.2. The van der Waals surface area contributed by atoms with Gasteiger partial charge in [-0.1, -0.05) is 12.1 Å². The maximum absolute atomic E-state index is 12.7. The van der Waals surface area contributed by atoms with Crippen LogP contribution in [0, 0.1) is 0 Å². The smallest absolute Gasteiger partial charge is 0.341 e. The van der Waals surface area contributed by atoms with Gasteiger partial charge in [0.2, 0.25) is 6.04 Å². The predicted octanol–water partition coefficient (Wildman–Crippen LogP) is 2.28. The van der Waals surface area contributed by atoms with E-state index in [1.54, 1.807) is 26.0 Å². The molecule has 2 rings (SSSR count). The van der Waals surface area contributed by atoms with Crippen LogP contribution in [0.3, 0.4) is 0 Å². The minimum absolute atomic E-state index is 0.000970. The second-order valence-corrected chi connectivity index (χ2v) is 6.94. The Bertz CT molecular complexity index is 785. The lowest BCUT2D eigenvalue weighted by molar-refractivity contribution is -0.164. The van der Waals surface area contributed by atoms with E-state index in [0.717, 1.165) is 5.69 Å². The Hall–Kier alpha value is -2.81. The molecule has 1 aromatic rings. The van der Waals surface area contributed by atoms with Gasteiger partial charge in [0.05, 0.1) is 18.1 Å². The lowest BCUT2D eigenvalue weighted by Crippen LogP contribution is -2.50. The first-order valence-electron chi connectivity index (χ1n) is 8.67. The normalized spacial score (nSPS) is 15.3. The van der Waals surface area contributed by atoms with Crippen LogP contribution in [-0.4, -0.2) is 61.3 Å². The van der Waals surface area contributed by atoms with E-state index in [9.17, 15) is 19.2 Å². The summed E-state index contributed by atoms with van der Waals surface area (Å²) >= 11 is 0.659. The van der Waals surface area contributed by atoms with Crippen molar-refractivity contribution >= 4 is 46.6 Å². The summed E-state index contributed by atoms with van der Waals surface area (Å²) < 4.78 is 9.70. The molecule has 0 N–H and O–H groups in total. The molecule has 9 heteroatoms. The van der Waals surface area contributed by atoms with Crippen molar-refractivity contribution < 1.29 is 28.7 Å². The van der Waals surface area contributed by atoms with Crippen LogP contribution in [0.2, 0.25) is 0 Å². The first-order chi connectivity index (χ1) is 13.3. The highest BCUT2D eigenvalue weighted by Gasteiger charge is 2.48. The van der Waals surface area contributed by atoms with Gasteiger partial charge < -0.3 is 14.4 Å². The van der Waals surface area contributed by atoms with E-state index in [0.29, 0.717) is 22.2 Å². The van der Waals surface area contributed by atoms with Crippen LogP contribution in [0.4, 0.5) is 10.5 Å². The minimum atomic E-state index is -1.76. The van der Waals surface area contributed by atoms with Gasteiger partial charge in [0.15, 0.2) is 0 Å². The zero-order valence-electron chi connectivity index (χ0n) is 16.1. The van der Waals surface area contributed by atoms with Crippen LogP contribution < -0.4 is 4.90 Å². The number of benzene rings is 1. The van der Waals surface area contributed by atoms with Gasteiger partial charge in [-0.25, -0.2) is 14.5 Å². The van der Waals surface area contributed by atoms with Crippen molar-refractivity contribution in [2.24, 2.45) is 0 Å². The van der Waals surface area contributed by atoms with E-state index < -0.39 is 29.1 Å². The number of hydrogen-bond acceptors (Lipinski definition) is 8. The van der Waals surface area contributed by atoms with E-state index in [-0.39, 0.29) is 18.1 Å². The molecule has 1 saturated heterocycles. The summed E-state index contributed by atoms with van der Waals surface area (Å²) in [6, 6.07) is 5.59. The molecule has 28 heavy (non-hydrogen) atoms. The van der Waals surface area contributed by atoms with Crippen molar-refractivity contribution in [3.8, 4) is 0 Å². The summed E-state index contributed by atoms with van der Waals surface area (Å²) in [7, 11) is 3.82. The van der Waals surface area contributed by atoms with Crippen LogP contribution in [-0.2, 0) is 23.9 Å². The minimum Gasteiger partial charge on any atom is -0.464 e. The van der Waals surface area contributed by atoms with Crippen molar-refractivity contribution in [3.05, 3.63) is 34.7 Å². The molecule has 1 aliphatic rings. The first-order valence-corrected chi connectivity index (χ1v) is 9.49. The highest BCUT2D eigenvalue weighted by molar-refractivity contribution is 8.18. The lowest BCUT2D eigenvalue weighted by Gasteiger charge is -2.21. The van der Waals surface area contributed by atoms with Crippen molar-refractivity contribution in [2.45, 2.75) is 19.9 Å². The molecule has 0 aliphatic carbocycles. The third-order valence-corrected chi connectivity index (χ3v) is 4.69. The number of rotatable bonds is 7. The fourth-order valence-corrected chi connectivity index (χ4v) is 3.33. The standard InChI is InChI=1S/C19H22N2O6S/c1-5-26-17(23)15(18(24)27-6-2)21-16(22)14(28-19(21)25)11-12-7-9-13(10-8-12)20(3)4/h7-11,15H,5-6H2,1-4H3/b14-11-. The Labute approximate surface area is 167 Å². The third kappa shape index (κ3) is 4.72. The topological polar surface area (TPSA) is 93.2 Å². The van der Waals surface area contributed by atoms with E-state index in [4.69, 9.17) is 9.47 Å². The van der Waals surface area contributed by atoms with E-state index in [2.05, 4.69) is 0 Å². The number of carbonyl (C=O) groups excluding carboxylic acids is 4. The molecule has 8 nitrogen and oxygen atoms in total. The monoisotopic (exact) mass is 406 g/mol. The van der Waals surface area contributed by atoms with Gasteiger partial charge >= 0.3 is 11.9 Å². The summed E-state index contributed by atoms with van der Waals surface area (Å²) in [5, 5.41) is -0.729. The molecular weight excluding hydrogens is 384 g/mol. The largest absolute Gasteiger partial charge is 0.464 e. The summed E-state index contributed by atoms with van der Waals surface area (Å²) in [5.41, 5.74) is 1.69. The van der Waals surface area contributed by atoms with E-state index >= 15 is 0 Å². The number of ether oxygens (including phenoxy) is 2. The van der Waals surface area contributed by atoms with Gasteiger partial charge in [-0.3, -0.25) is 9.59 Å². The van der Waals surface area contributed by atoms with Crippen LogP contribution in [0.25, 0.3) is 6.08 Å². The van der Waals surface area contributed by atoms with Crippen LogP contribution in [0.15, 0.2) is 29.2 Å². The molecular formula is C19H22N2O6S. The number of thioether (sulfide) groups is 1. The summed E-state index contributed by atoms with van der Waals surface area (Å²) in [5.74, 6) is -2.74. The number of amides is 2. The number of imide groups is 1. The quantitative estimate of drug-likeness (QED) is 0.387. The molecule has 2 amide bonds. The molecule has 0 bridgehead atoms. The summed E-state index contributed by atoms with van der Waals surface area (Å²) in [4.78, 5) is 52.2. The summed E-state index contributed by atoms with van der Waals surface area (Å²) in [6.45, 7) is 3.12. The maximum Gasteiger partial charge on any atom is 0.341 e. The molecule has 0 radical (unpaired) electrons. The SMILES string of the molecule is CCOC(=O)C(C(=O)OCC)N1C(=O)S/C(=C\c2ccc(N(C)C)cc2)C1=O. The molecule has 0 atom stereocenters. The fraction of sp³-hybridized carbons (Fsp3) is 0.368. The number of esters is 2. The Morgan fingerprint density at radius 3 is 2.07 bits per heavy atom. The highest BCUT2D eigenvalue weighted by Crippen LogP contribution is 2.34. The van der Waals surface area contributed by atoms with Crippen LogP contribution >= 0.6 is 11.8 Å². The molecule has 1 heterocycles. The third-order valence-electron chi connectivity index (χ3n) is 3.81. The predicted molar refractivity (Wildman–Crippen MR) is 106 cm³/mol. The molecule has 150 valence electrons. The Balaban J connectivity index is 2.31. The van der Waals surface area contributed by atoms with Gasteiger partial charge in [0, 0.05) is 19.8 Å². The lowest BCUT2D eigenvalue weighted by atomic mass is 10.1. The Morgan fingerprint density at radius 1 is 1.07 bits per heavy atom. The molecule has 0 unspecified atom stereocenters. The van der Waals surface area contributed by atoms with Crippen LogP contribution in [0.5, 0.6) is 0 Å². The van der Waals surface area contributed by atoms with Crippen LogP contribution in [0.1, 0.15) is 19.4 Å². The average molecular weight is 406 g/mol. The van der Waals surface area contributed by atoms with Gasteiger partial charge in [-0.05, 0) is 49.4 Å². The fourth-order valence-electron chi connectivity index (χ4n) is 2.47. The molecule has 0 spiro atoms. The van der Waals surface area contributed by atoms with Crippen molar-refractivity contribution in [2.75, 3.05) is 32.2 Å². The number of hydrogen-bond donors (Lipinski definition) is 0. The molecule has 1 fully saturated rings.